The van der Waals surface area contributed by atoms with Crippen molar-refractivity contribution in [3.63, 3.8) is 0 Å². The second-order valence-corrected chi connectivity index (χ2v) is 6.18. The lowest BCUT2D eigenvalue weighted by atomic mass is 10.0. The van der Waals surface area contributed by atoms with E-state index in [-0.39, 0.29) is 5.69 Å². The zero-order valence-electron chi connectivity index (χ0n) is 13.3. The van der Waals surface area contributed by atoms with E-state index in [1.165, 1.54) is 32.4 Å². The number of anilines is 1. The van der Waals surface area contributed by atoms with Crippen LogP contribution < -0.4 is 5.32 Å². The molecule has 0 aliphatic heterocycles. The zero-order chi connectivity index (χ0) is 16.3. The van der Waals surface area contributed by atoms with Crippen LogP contribution in [0.1, 0.15) is 33.4 Å². The summed E-state index contributed by atoms with van der Waals surface area (Å²) in [6.07, 6.45) is 2.94. The third-order valence-corrected chi connectivity index (χ3v) is 3.07. The van der Waals surface area contributed by atoms with Gasteiger partial charge >= 0.3 is 0 Å². The predicted molar refractivity (Wildman–Crippen MR) is 83.8 cm³/mol. The van der Waals surface area contributed by atoms with Crippen LogP contribution in [-0.2, 0) is 5.60 Å². The average Bonchev–Trinajstić information content (AvgIpc) is 2.44. The highest BCUT2D eigenvalue weighted by atomic mass is 19.1. The van der Waals surface area contributed by atoms with E-state index in [0.29, 0.717) is 23.0 Å². The van der Waals surface area contributed by atoms with Crippen molar-refractivity contribution in [2.75, 3.05) is 11.9 Å². The predicted octanol–water partition coefficient (Wildman–Crippen LogP) is 2.97. The first-order valence-corrected chi connectivity index (χ1v) is 7.22. The summed E-state index contributed by atoms with van der Waals surface area (Å²) in [5.41, 5.74) is -0.183. The Hall–Kier alpha value is -2.08. The van der Waals surface area contributed by atoms with Gasteiger partial charge in [0, 0.05) is 24.4 Å². The molecule has 6 heteroatoms. The summed E-state index contributed by atoms with van der Waals surface area (Å²) in [7, 11) is 0. The van der Waals surface area contributed by atoms with E-state index in [4.69, 9.17) is 0 Å². The Balaban J connectivity index is 2.29. The Morgan fingerprint density at radius 3 is 2.55 bits per heavy atom. The summed E-state index contributed by atoms with van der Waals surface area (Å²) in [5.74, 6) is 0.620. The molecule has 2 heterocycles. The van der Waals surface area contributed by atoms with Gasteiger partial charge in [0.1, 0.15) is 29.3 Å². The number of hydrogen-bond donors (Lipinski definition) is 2. The van der Waals surface area contributed by atoms with Gasteiger partial charge < -0.3 is 10.4 Å². The van der Waals surface area contributed by atoms with E-state index in [1.54, 1.807) is 6.07 Å². The molecule has 2 aromatic rings. The van der Waals surface area contributed by atoms with E-state index in [0.717, 1.165) is 6.54 Å². The zero-order valence-corrected chi connectivity index (χ0v) is 13.3. The maximum atomic E-state index is 14.1. The molecule has 0 aliphatic carbocycles. The first-order chi connectivity index (χ1) is 10.3. The average molecular weight is 304 g/mol. The molecule has 118 valence electrons. The van der Waals surface area contributed by atoms with Crippen LogP contribution in [0.3, 0.4) is 0 Å². The fourth-order valence-electron chi connectivity index (χ4n) is 1.95. The molecule has 0 radical (unpaired) electrons. The monoisotopic (exact) mass is 304 g/mol. The molecule has 22 heavy (non-hydrogen) atoms. The molecule has 0 spiro atoms. The second kappa shape index (κ2) is 6.36. The van der Waals surface area contributed by atoms with Crippen LogP contribution in [0.15, 0.2) is 24.7 Å². The van der Waals surface area contributed by atoms with Crippen LogP contribution >= 0.6 is 0 Å². The van der Waals surface area contributed by atoms with Crippen LogP contribution in [-0.4, -0.2) is 26.6 Å². The van der Waals surface area contributed by atoms with Crippen LogP contribution in [0.5, 0.6) is 0 Å². The highest BCUT2D eigenvalue weighted by Gasteiger charge is 2.22. The van der Waals surface area contributed by atoms with Crippen molar-refractivity contribution in [3.8, 4) is 11.3 Å². The number of halogens is 1. The lowest BCUT2D eigenvalue weighted by Crippen LogP contribution is -2.19. The highest BCUT2D eigenvalue weighted by molar-refractivity contribution is 5.61. The van der Waals surface area contributed by atoms with Crippen molar-refractivity contribution >= 4 is 5.82 Å². The molecule has 0 unspecified atom stereocenters. The first kappa shape index (κ1) is 16.3. The van der Waals surface area contributed by atoms with Gasteiger partial charge in [-0.3, -0.25) is 4.98 Å². The van der Waals surface area contributed by atoms with E-state index < -0.39 is 11.4 Å². The maximum absolute atomic E-state index is 14.1. The summed E-state index contributed by atoms with van der Waals surface area (Å²) in [5, 5.41) is 13.1. The Morgan fingerprint density at radius 1 is 1.23 bits per heavy atom. The number of nitrogens with one attached hydrogen (secondary N) is 1. The normalized spacial score (nSPS) is 11.8. The van der Waals surface area contributed by atoms with Crippen molar-refractivity contribution in [2.45, 2.75) is 33.3 Å². The molecule has 2 rings (SSSR count). The Bertz CT molecular complexity index is 653. The smallest absolute Gasteiger partial charge is 0.148 e. The SMILES string of the molecule is CC(C)CNc1cc(-c2cnc(C(C)(C)O)c(F)c2)ncn1. The summed E-state index contributed by atoms with van der Waals surface area (Å²) in [6, 6.07) is 3.08. The van der Waals surface area contributed by atoms with Crippen LogP contribution in [0.2, 0.25) is 0 Å². The minimum absolute atomic E-state index is 0.0171. The molecule has 0 saturated heterocycles. The molecule has 0 amide bonds. The molecule has 0 atom stereocenters. The molecule has 5 nitrogen and oxygen atoms in total. The fraction of sp³-hybridized carbons (Fsp3) is 0.438. The van der Waals surface area contributed by atoms with Gasteiger partial charge in [0.15, 0.2) is 0 Å². The first-order valence-electron chi connectivity index (χ1n) is 7.22. The number of rotatable bonds is 5. The molecule has 2 N–H and O–H groups in total. The lowest BCUT2D eigenvalue weighted by Gasteiger charge is -2.17. The Labute approximate surface area is 129 Å². The molecule has 0 aliphatic rings. The number of aromatic nitrogens is 3. The van der Waals surface area contributed by atoms with Gasteiger partial charge in [-0.25, -0.2) is 14.4 Å². The summed E-state index contributed by atoms with van der Waals surface area (Å²) in [4.78, 5) is 12.3. The number of aliphatic hydroxyl groups is 1. The number of nitrogens with zero attached hydrogens (tertiary/aromatic N) is 3. The maximum Gasteiger partial charge on any atom is 0.148 e. The van der Waals surface area contributed by atoms with Crippen LogP contribution in [0.4, 0.5) is 10.2 Å². The molecular weight excluding hydrogens is 283 g/mol. The molecule has 0 bridgehead atoms. The van der Waals surface area contributed by atoms with E-state index in [1.807, 2.05) is 0 Å². The minimum atomic E-state index is -1.32. The second-order valence-electron chi connectivity index (χ2n) is 6.18. The summed E-state index contributed by atoms with van der Waals surface area (Å²) in [6.45, 7) is 7.99. The topological polar surface area (TPSA) is 70.9 Å². The standard InChI is InChI=1S/C16H21FN4O/c1-10(2)7-18-14-6-13(20-9-21-14)11-5-12(17)15(19-8-11)16(3,4)22/h5-6,8-10,22H,7H2,1-4H3,(H,18,20,21). The highest BCUT2D eigenvalue weighted by Crippen LogP contribution is 2.25. The van der Waals surface area contributed by atoms with Gasteiger partial charge in [-0.15, -0.1) is 0 Å². The molecular formula is C16H21FN4O. The van der Waals surface area contributed by atoms with E-state index in [2.05, 4.69) is 34.1 Å². The Morgan fingerprint density at radius 2 is 1.95 bits per heavy atom. The van der Waals surface area contributed by atoms with Crippen LogP contribution in [0.25, 0.3) is 11.3 Å². The van der Waals surface area contributed by atoms with Gasteiger partial charge in [0.05, 0.1) is 5.69 Å². The van der Waals surface area contributed by atoms with Crippen molar-refractivity contribution < 1.29 is 9.50 Å². The molecule has 0 aromatic carbocycles. The quantitative estimate of drug-likeness (QED) is 0.888. The fourth-order valence-corrected chi connectivity index (χ4v) is 1.95. The van der Waals surface area contributed by atoms with E-state index in [9.17, 15) is 9.50 Å². The third-order valence-electron chi connectivity index (χ3n) is 3.07. The molecule has 0 saturated carbocycles. The van der Waals surface area contributed by atoms with Gasteiger partial charge in [0.2, 0.25) is 0 Å². The molecule has 2 aromatic heterocycles. The van der Waals surface area contributed by atoms with E-state index >= 15 is 0 Å². The van der Waals surface area contributed by atoms with Crippen molar-refractivity contribution in [2.24, 2.45) is 5.92 Å². The summed E-state index contributed by atoms with van der Waals surface area (Å²) >= 11 is 0. The number of pyridine rings is 1. The molecule has 0 fully saturated rings. The van der Waals surface area contributed by atoms with Gasteiger partial charge in [0.25, 0.3) is 0 Å². The van der Waals surface area contributed by atoms with Crippen molar-refractivity contribution in [1.82, 2.24) is 15.0 Å². The van der Waals surface area contributed by atoms with Gasteiger partial charge in [-0.05, 0) is 25.8 Å². The van der Waals surface area contributed by atoms with Gasteiger partial charge in [-0.1, -0.05) is 13.8 Å². The Kier molecular flexibility index (Phi) is 4.71. The third kappa shape index (κ3) is 3.98. The minimum Gasteiger partial charge on any atom is -0.384 e. The number of hydrogen-bond acceptors (Lipinski definition) is 5. The van der Waals surface area contributed by atoms with Crippen molar-refractivity contribution in [1.29, 1.82) is 0 Å². The summed E-state index contributed by atoms with van der Waals surface area (Å²) < 4.78 is 14.1. The largest absolute Gasteiger partial charge is 0.384 e. The van der Waals surface area contributed by atoms with Crippen LogP contribution in [0, 0.1) is 11.7 Å². The lowest BCUT2D eigenvalue weighted by molar-refractivity contribution is 0.0695. The van der Waals surface area contributed by atoms with Gasteiger partial charge in [-0.2, -0.15) is 0 Å². The van der Waals surface area contributed by atoms with Crippen molar-refractivity contribution in [3.05, 3.63) is 36.2 Å².